The lowest BCUT2D eigenvalue weighted by Gasteiger charge is -2.24. The summed E-state index contributed by atoms with van der Waals surface area (Å²) in [5.74, 6) is 0.0294. The number of hydrogen-bond donors (Lipinski definition) is 2. The highest BCUT2D eigenvalue weighted by Gasteiger charge is 2.24. The summed E-state index contributed by atoms with van der Waals surface area (Å²) in [6, 6.07) is 24.0. The van der Waals surface area contributed by atoms with Crippen molar-refractivity contribution in [1.82, 2.24) is 0 Å². The predicted molar refractivity (Wildman–Crippen MR) is 166 cm³/mol. The maximum atomic E-state index is 12.8. The predicted octanol–water partition coefficient (Wildman–Crippen LogP) is 7.38. The van der Waals surface area contributed by atoms with Crippen LogP contribution in [0.5, 0.6) is 11.5 Å². The van der Waals surface area contributed by atoms with Crippen LogP contribution in [-0.2, 0) is 33.7 Å². The van der Waals surface area contributed by atoms with Crippen LogP contribution in [0.1, 0.15) is 40.4 Å². The fourth-order valence-electron chi connectivity index (χ4n) is 4.45. The average molecular weight is 609 g/mol. The van der Waals surface area contributed by atoms with Crippen molar-refractivity contribution < 1.29 is 31.8 Å². The molecule has 2 N–H and O–H groups in total. The molecule has 0 saturated carbocycles. The molecule has 0 heterocycles. The second-order valence-electron chi connectivity index (χ2n) is 9.53. The maximum Gasteiger partial charge on any atom is 0.340 e. The van der Waals surface area contributed by atoms with Gasteiger partial charge in [-0.3, -0.25) is 9.11 Å². The monoisotopic (exact) mass is 608 g/mol. The van der Waals surface area contributed by atoms with E-state index in [1.807, 2.05) is 32.9 Å². The van der Waals surface area contributed by atoms with Crippen LogP contribution in [0.15, 0.2) is 84.9 Å². The van der Waals surface area contributed by atoms with Gasteiger partial charge in [0.2, 0.25) is 0 Å². The first-order valence-corrected chi connectivity index (χ1v) is 15.2. The van der Waals surface area contributed by atoms with Gasteiger partial charge in [0.1, 0.15) is 11.5 Å². The van der Waals surface area contributed by atoms with Crippen LogP contribution in [0.4, 0.5) is 22.7 Å². The third kappa shape index (κ3) is 7.05. The van der Waals surface area contributed by atoms with Crippen molar-refractivity contribution >= 4 is 51.3 Å². The number of carbonyl (C=O) groups is 1. The minimum Gasteiger partial charge on any atom is -0.465 e. The van der Waals surface area contributed by atoms with Gasteiger partial charge in [0.05, 0.1) is 35.4 Å². The van der Waals surface area contributed by atoms with Crippen LogP contribution >= 0.6 is 0 Å². The Bertz CT molecular complexity index is 1610. The Morgan fingerprint density at radius 2 is 1.21 bits per heavy atom. The molecule has 0 saturated heterocycles. The fourth-order valence-corrected chi connectivity index (χ4v) is 5.72. The van der Waals surface area contributed by atoms with Crippen LogP contribution in [0.3, 0.4) is 0 Å². The SMILES string of the molecule is CCCc1cc(Oc2ccc(N(c3ccc(C)cc3)S(=O)O)c(C(=O)OC)c2)ccc1N(c1ccc(C)cc1)S(=O)O. The number of rotatable bonds is 11. The van der Waals surface area contributed by atoms with Crippen molar-refractivity contribution in [1.29, 1.82) is 0 Å². The van der Waals surface area contributed by atoms with Gasteiger partial charge >= 0.3 is 5.97 Å². The highest BCUT2D eigenvalue weighted by molar-refractivity contribution is 7.81. The van der Waals surface area contributed by atoms with Crippen molar-refractivity contribution in [3.8, 4) is 11.5 Å². The smallest absolute Gasteiger partial charge is 0.340 e. The minimum atomic E-state index is -2.48. The zero-order valence-corrected chi connectivity index (χ0v) is 25.3. The second kappa shape index (κ2) is 13.8. The van der Waals surface area contributed by atoms with Gasteiger partial charge in [0.25, 0.3) is 22.5 Å². The van der Waals surface area contributed by atoms with E-state index >= 15 is 0 Å². The molecule has 4 aromatic rings. The Balaban J connectivity index is 1.72. The number of esters is 1. The average Bonchev–Trinajstić information content (AvgIpc) is 2.96. The van der Waals surface area contributed by atoms with E-state index in [0.29, 0.717) is 35.0 Å². The van der Waals surface area contributed by atoms with Gasteiger partial charge in [0, 0.05) is 0 Å². The summed E-state index contributed by atoms with van der Waals surface area (Å²) in [7, 11) is 1.23. The molecule has 42 heavy (non-hydrogen) atoms. The van der Waals surface area contributed by atoms with Gasteiger partial charge < -0.3 is 9.47 Å². The Labute approximate surface area is 250 Å². The van der Waals surface area contributed by atoms with Gasteiger partial charge in [-0.2, -0.15) is 0 Å². The standard InChI is InChI=1S/C31H32N2O7S2/c1-5-6-23-19-26(15-17-29(23)32(41(35)36)24-11-7-21(2)8-12-24)40-27-16-18-30(28(20-27)31(34)39-4)33(42(37)38)25-13-9-22(3)10-14-25/h7-20H,5-6H2,1-4H3,(H,35,36)(H,37,38). The molecule has 0 aliphatic heterocycles. The highest BCUT2D eigenvalue weighted by Crippen LogP contribution is 2.37. The van der Waals surface area contributed by atoms with Gasteiger partial charge in [0.15, 0.2) is 0 Å². The van der Waals surface area contributed by atoms with Crippen molar-refractivity contribution in [2.45, 2.75) is 33.6 Å². The summed E-state index contributed by atoms with van der Waals surface area (Å²) in [5, 5.41) is 0. The molecule has 0 aliphatic carbocycles. The molecule has 0 radical (unpaired) electrons. The number of ether oxygens (including phenoxy) is 2. The van der Waals surface area contributed by atoms with Gasteiger partial charge in [-0.15, -0.1) is 0 Å². The molecule has 0 aromatic heterocycles. The largest absolute Gasteiger partial charge is 0.465 e. The summed E-state index contributed by atoms with van der Waals surface area (Å²) in [6.45, 7) is 5.85. The van der Waals surface area contributed by atoms with Crippen molar-refractivity contribution in [2.24, 2.45) is 0 Å². The Kier molecular flexibility index (Phi) is 10.1. The van der Waals surface area contributed by atoms with E-state index in [1.54, 1.807) is 60.7 Å². The molecule has 0 spiro atoms. The quantitative estimate of drug-likeness (QED) is 0.135. The van der Waals surface area contributed by atoms with Crippen LogP contribution in [0.2, 0.25) is 0 Å². The first-order valence-electron chi connectivity index (χ1n) is 13.1. The molecular formula is C31H32N2O7S2. The first-order chi connectivity index (χ1) is 20.1. The molecule has 4 rings (SSSR count). The van der Waals surface area contributed by atoms with Gasteiger partial charge in [-0.05, 0) is 86.5 Å². The molecule has 0 amide bonds. The van der Waals surface area contributed by atoms with E-state index < -0.39 is 28.5 Å². The Morgan fingerprint density at radius 1 is 0.738 bits per heavy atom. The van der Waals surface area contributed by atoms with Crippen LogP contribution < -0.4 is 13.3 Å². The van der Waals surface area contributed by atoms with Crippen molar-refractivity contribution in [2.75, 3.05) is 15.7 Å². The lowest BCUT2D eigenvalue weighted by Crippen LogP contribution is -2.22. The number of benzene rings is 4. The molecular weight excluding hydrogens is 576 g/mol. The zero-order valence-electron chi connectivity index (χ0n) is 23.6. The third-order valence-electron chi connectivity index (χ3n) is 6.47. The van der Waals surface area contributed by atoms with E-state index in [9.17, 15) is 22.3 Å². The van der Waals surface area contributed by atoms with Crippen LogP contribution in [-0.4, -0.2) is 30.6 Å². The number of aryl methyl sites for hydroxylation is 3. The number of nitrogens with zero attached hydrogens (tertiary/aromatic N) is 2. The molecule has 0 bridgehead atoms. The van der Waals surface area contributed by atoms with E-state index in [2.05, 4.69) is 0 Å². The third-order valence-corrected chi connectivity index (χ3v) is 7.91. The Morgan fingerprint density at radius 3 is 1.69 bits per heavy atom. The van der Waals surface area contributed by atoms with Gasteiger partial charge in [-0.25, -0.2) is 21.8 Å². The lowest BCUT2D eigenvalue weighted by atomic mass is 10.1. The summed E-state index contributed by atoms with van der Waals surface area (Å²) < 4.78 is 58.7. The lowest BCUT2D eigenvalue weighted by molar-refractivity contribution is 0.0601. The molecule has 2 atom stereocenters. The molecule has 0 fully saturated rings. The molecule has 4 aromatic carbocycles. The van der Waals surface area contributed by atoms with E-state index in [1.165, 1.54) is 23.5 Å². The first kappa shape index (κ1) is 30.9. The summed E-state index contributed by atoms with van der Waals surface area (Å²) in [4.78, 5) is 12.8. The van der Waals surface area contributed by atoms with Crippen LogP contribution in [0, 0.1) is 13.8 Å². The van der Waals surface area contributed by atoms with Crippen LogP contribution in [0.25, 0.3) is 0 Å². The second-order valence-corrected chi connectivity index (χ2v) is 11.2. The van der Waals surface area contributed by atoms with Crippen molar-refractivity contribution in [3.63, 3.8) is 0 Å². The van der Waals surface area contributed by atoms with Crippen molar-refractivity contribution in [3.05, 3.63) is 107 Å². The van der Waals surface area contributed by atoms with Gasteiger partial charge in [-0.1, -0.05) is 48.7 Å². The fraction of sp³-hybridized carbons (Fsp3) is 0.194. The number of carbonyl (C=O) groups excluding carboxylic acids is 1. The summed E-state index contributed by atoms with van der Waals surface area (Å²) in [5.41, 5.74) is 4.56. The topological polar surface area (TPSA) is 117 Å². The summed E-state index contributed by atoms with van der Waals surface area (Å²) >= 11 is -4.80. The number of anilines is 4. The zero-order chi connectivity index (χ0) is 30.4. The molecule has 2 unspecified atom stereocenters. The van der Waals surface area contributed by atoms with E-state index in [0.717, 1.165) is 27.4 Å². The molecule has 220 valence electrons. The number of hydrogen-bond acceptors (Lipinski definition) is 5. The molecule has 0 aliphatic rings. The normalized spacial score (nSPS) is 12.3. The summed E-state index contributed by atoms with van der Waals surface area (Å²) in [6.07, 6.45) is 1.40. The Hall–Kier alpha value is -4.03. The molecule has 11 heteroatoms. The van der Waals surface area contributed by atoms with E-state index in [-0.39, 0.29) is 11.3 Å². The number of methoxy groups -OCH3 is 1. The van der Waals surface area contributed by atoms with E-state index in [4.69, 9.17) is 9.47 Å². The maximum absolute atomic E-state index is 12.8. The highest BCUT2D eigenvalue weighted by atomic mass is 32.2. The molecule has 9 nitrogen and oxygen atoms in total. The minimum absolute atomic E-state index is 0.0320.